The number of nitrogens with two attached hydrogens (primary N) is 1. The summed E-state index contributed by atoms with van der Waals surface area (Å²) < 4.78 is 7.74. The van der Waals surface area contributed by atoms with E-state index in [1.165, 1.54) is 0 Å². The van der Waals surface area contributed by atoms with Gasteiger partial charge in [-0.1, -0.05) is 13.8 Å². The van der Waals surface area contributed by atoms with Crippen LogP contribution in [0.5, 0.6) is 0 Å². The average Bonchev–Trinajstić information content (AvgIpc) is 2.91. The van der Waals surface area contributed by atoms with Crippen molar-refractivity contribution in [2.24, 2.45) is 17.1 Å². The van der Waals surface area contributed by atoms with Crippen molar-refractivity contribution in [2.45, 2.75) is 72.1 Å². The largest absolute Gasteiger partial charge is 0.378 e. The standard InChI is InChI=1S/C19H33N5O2.2ClH/c1-6-26-16-10-19(20,18(16,4)5)17(25)23-9-7-8-15(11-23)12-24-14(3)21-13(2)22-24;;/h15-16H,6-12,20H2,1-5H3;2*1H. The van der Waals surface area contributed by atoms with Crippen molar-refractivity contribution >= 4 is 30.7 Å². The highest BCUT2D eigenvalue weighted by Crippen LogP contribution is 2.50. The molecule has 9 heteroatoms. The van der Waals surface area contributed by atoms with Gasteiger partial charge in [-0.2, -0.15) is 5.10 Å². The minimum absolute atomic E-state index is 0. The molecule has 28 heavy (non-hydrogen) atoms. The molecule has 1 aliphatic carbocycles. The normalized spacial score (nSPS) is 28.7. The molecule has 0 radical (unpaired) electrons. The van der Waals surface area contributed by atoms with Crippen LogP contribution in [0.3, 0.4) is 0 Å². The number of nitrogens with zero attached hydrogens (tertiary/aromatic N) is 4. The first-order valence-electron chi connectivity index (χ1n) is 9.77. The van der Waals surface area contributed by atoms with E-state index in [4.69, 9.17) is 10.5 Å². The number of hydrogen-bond donors (Lipinski definition) is 1. The van der Waals surface area contributed by atoms with E-state index in [0.717, 1.165) is 44.1 Å². The summed E-state index contributed by atoms with van der Waals surface area (Å²) in [6.45, 7) is 13.0. The lowest BCUT2D eigenvalue weighted by Gasteiger charge is -2.59. The van der Waals surface area contributed by atoms with Crippen molar-refractivity contribution in [1.29, 1.82) is 0 Å². The van der Waals surface area contributed by atoms with Crippen molar-refractivity contribution in [1.82, 2.24) is 19.7 Å². The van der Waals surface area contributed by atoms with Gasteiger partial charge in [0.15, 0.2) is 0 Å². The third kappa shape index (κ3) is 4.32. The fraction of sp³-hybridized carbons (Fsp3) is 0.842. The van der Waals surface area contributed by atoms with Gasteiger partial charge in [-0.25, -0.2) is 9.67 Å². The monoisotopic (exact) mass is 435 g/mol. The van der Waals surface area contributed by atoms with Crippen molar-refractivity contribution in [2.75, 3.05) is 19.7 Å². The van der Waals surface area contributed by atoms with Gasteiger partial charge < -0.3 is 15.4 Å². The van der Waals surface area contributed by atoms with Crippen molar-refractivity contribution in [3.63, 3.8) is 0 Å². The summed E-state index contributed by atoms with van der Waals surface area (Å²) in [4.78, 5) is 19.6. The Labute approximate surface area is 180 Å². The maximum Gasteiger partial charge on any atom is 0.243 e. The molecule has 1 aromatic heterocycles. The molecule has 0 bridgehead atoms. The van der Waals surface area contributed by atoms with E-state index in [-0.39, 0.29) is 42.2 Å². The van der Waals surface area contributed by atoms with E-state index >= 15 is 0 Å². The number of hydrogen-bond acceptors (Lipinski definition) is 5. The summed E-state index contributed by atoms with van der Waals surface area (Å²) in [5.74, 6) is 2.20. The van der Waals surface area contributed by atoms with Crippen LogP contribution < -0.4 is 5.73 Å². The van der Waals surface area contributed by atoms with Gasteiger partial charge in [-0.3, -0.25) is 4.79 Å². The van der Waals surface area contributed by atoms with Crippen LogP contribution in [-0.2, 0) is 16.1 Å². The third-order valence-electron chi connectivity index (χ3n) is 6.41. The number of aryl methyl sites for hydroxylation is 2. The molecule has 3 unspecified atom stereocenters. The molecule has 1 aromatic rings. The number of ether oxygens (including phenoxy) is 1. The predicted molar refractivity (Wildman–Crippen MR) is 114 cm³/mol. The molecule has 1 aliphatic heterocycles. The molecule has 0 spiro atoms. The van der Waals surface area contributed by atoms with Crippen LogP contribution in [0, 0.1) is 25.2 Å². The Morgan fingerprint density at radius 3 is 2.54 bits per heavy atom. The summed E-state index contributed by atoms with van der Waals surface area (Å²) in [5.41, 5.74) is 5.44. The number of amides is 1. The Hall–Kier alpha value is -0.890. The van der Waals surface area contributed by atoms with Gasteiger partial charge in [-0.15, -0.1) is 24.8 Å². The fourth-order valence-corrected chi connectivity index (χ4v) is 4.46. The first-order chi connectivity index (χ1) is 12.2. The second kappa shape index (κ2) is 9.28. The Morgan fingerprint density at radius 2 is 2.00 bits per heavy atom. The average molecular weight is 436 g/mol. The van der Waals surface area contributed by atoms with E-state index in [1.807, 2.05) is 30.4 Å². The Morgan fingerprint density at radius 1 is 1.32 bits per heavy atom. The Balaban J connectivity index is 0.00000196. The zero-order valence-corrected chi connectivity index (χ0v) is 19.2. The molecular weight excluding hydrogens is 401 g/mol. The third-order valence-corrected chi connectivity index (χ3v) is 6.41. The van der Waals surface area contributed by atoms with E-state index < -0.39 is 5.54 Å². The van der Waals surface area contributed by atoms with Gasteiger partial charge >= 0.3 is 0 Å². The molecule has 2 N–H and O–H groups in total. The number of halogens is 2. The highest BCUT2D eigenvalue weighted by atomic mass is 35.5. The SMILES string of the molecule is CCOC1CC(N)(C(=O)N2CCCC(Cn3nc(C)nc3C)C2)C1(C)C.Cl.Cl. The number of carbonyl (C=O) groups excluding carboxylic acids is 1. The zero-order valence-electron chi connectivity index (χ0n) is 17.6. The van der Waals surface area contributed by atoms with Crippen molar-refractivity contribution in [3.8, 4) is 0 Å². The Bertz CT molecular complexity index is 681. The smallest absolute Gasteiger partial charge is 0.243 e. The predicted octanol–water partition coefficient (Wildman–Crippen LogP) is 2.51. The van der Waals surface area contributed by atoms with Gasteiger partial charge in [0.1, 0.15) is 17.2 Å². The maximum absolute atomic E-state index is 13.2. The molecule has 2 aliphatic rings. The summed E-state index contributed by atoms with van der Waals surface area (Å²) in [6, 6.07) is 0. The molecule has 2 heterocycles. The molecule has 1 amide bonds. The molecular formula is C19H35Cl2N5O2. The second-order valence-electron chi connectivity index (χ2n) is 8.49. The lowest BCUT2D eigenvalue weighted by molar-refractivity contribution is -0.180. The number of likely N-dealkylation sites (tertiary alicyclic amines) is 1. The first kappa shape index (κ1) is 25.1. The number of piperidine rings is 1. The van der Waals surface area contributed by atoms with Gasteiger partial charge in [0.2, 0.25) is 5.91 Å². The van der Waals surface area contributed by atoms with E-state index in [1.54, 1.807) is 0 Å². The molecule has 2 fully saturated rings. The minimum Gasteiger partial charge on any atom is -0.378 e. The van der Waals surface area contributed by atoms with Crippen LogP contribution in [0.25, 0.3) is 0 Å². The molecule has 3 atom stereocenters. The molecule has 7 nitrogen and oxygen atoms in total. The van der Waals surface area contributed by atoms with Crippen LogP contribution in [0.1, 0.15) is 51.7 Å². The lowest BCUT2D eigenvalue weighted by Crippen LogP contribution is -2.76. The first-order valence-corrected chi connectivity index (χ1v) is 9.77. The molecule has 162 valence electrons. The summed E-state index contributed by atoms with van der Waals surface area (Å²) in [6.07, 6.45) is 2.77. The van der Waals surface area contributed by atoms with Crippen LogP contribution in [0.2, 0.25) is 0 Å². The van der Waals surface area contributed by atoms with Crippen LogP contribution in [0.15, 0.2) is 0 Å². The van der Waals surface area contributed by atoms with Gasteiger partial charge in [0, 0.05) is 38.1 Å². The zero-order chi connectivity index (χ0) is 19.1. The highest BCUT2D eigenvalue weighted by Gasteiger charge is 2.63. The van der Waals surface area contributed by atoms with Crippen LogP contribution in [-0.4, -0.2) is 56.9 Å². The molecule has 3 rings (SSSR count). The number of rotatable bonds is 5. The van der Waals surface area contributed by atoms with Gasteiger partial charge in [0.05, 0.1) is 6.10 Å². The van der Waals surface area contributed by atoms with Crippen LogP contribution >= 0.6 is 24.8 Å². The van der Waals surface area contributed by atoms with E-state index in [9.17, 15) is 4.79 Å². The highest BCUT2D eigenvalue weighted by molar-refractivity contribution is 5.89. The van der Waals surface area contributed by atoms with E-state index in [2.05, 4.69) is 23.9 Å². The second-order valence-corrected chi connectivity index (χ2v) is 8.49. The quantitative estimate of drug-likeness (QED) is 0.767. The van der Waals surface area contributed by atoms with Crippen molar-refractivity contribution < 1.29 is 9.53 Å². The molecule has 1 saturated heterocycles. The van der Waals surface area contributed by atoms with Crippen LogP contribution in [0.4, 0.5) is 0 Å². The van der Waals surface area contributed by atoms with Gasteiger partial charge in [0.25, 0.3) is 0 Å². The Kier molecular flexibility index (Phi) is 8.34. The van der Waals surface area contributed by atoms with Crippen molar-refractivity contribution in [3.05, 3.63) is 11.6 Å². The molecule has 0 aromatic carbocycles. The van der Waals surface area contributed by atoms with Gasteiger partial charge in [-0.05, 0) is 39.5 Å². The topological polar surface area (TPSA) is 86.3 Å². The number of aromatic nitrogens is 3. The number of carbonyl (C=O) groups is 1. The summed E-state index contributed by atoms with van der Waals surface area (Å²) in [7, 11) is 0. The summed E-state index contributed by atoms with van der Waals surface area (Å²) >= 11 is 0. The fourth-order valence-electron chi connectivity index (χ4n) is 4.46. The molecule has 1 saturated carbocycles. The summed E-state index contributed by atoms with van der Waals surface area (Å²) in [5, 5.41) is 4.46. The minimum atomic E-state index is -0.825. The lowest BCUT2D eigenvalue weighted by atomic mass is 9.54. The van der Waals surface area contributed by atoms with E-state index in [0.29, 0.717) is 18.9 Å². The maximum atomic E-state index is 13.2.